The number of alkyl halides is 3. The maximum Gasteiger partial charge on any atom is 0.422 e. The topological polar surface area (TPSA) is 92.6 Å². The van der Waals surface area contributed by atoms with E-state index in [0.29, 0.717) is 12.1 Å². The Morgan fingerprint density at radius 2 is 2.14 bits per heavy atom. The van der Waals surface area contributed by atoms with Crippen molar-refractivity contribution in [2.75, 3.05) is 25.0 Å². The van der Waals surface area contributed by atoms with Crippen molar-refractivity contribution in [2.24, 2.45) is 16.1 Å². The summed E-state index contributed by atoms with van der Waals surface area (Å²) < 4.78 is 40.5. The molecule has 1 heterocycles. The summed E-state index contributed by atoms with van der Waals surface area (Å²) in [5.74, 6) is -0.123. The highest BCUT2D eigenvalue weighted by Crippen LogP contribution is 2.22. The first kappa shape index (κ1) is 21.2. The molecule has 1 aliphatic heterocycles. The summed E-state index contributed by atoms with van der Waals surface area (Å²) in [6.07, 6.45) is -5.05. The van der Waals surface area contributed by atoms with E-state index in [2.05, 4.69) is 26.9 Å². The molecule has 0 aromatic heterocycles. The largest absolute Gasteiger partial charge is 0.440 e. The van der Waals surface area contributed by atoms with Crippen LogP contribution in [0.3, 0.4) is 0 Å². The molecule has 1 fully saturated rings. The predicted octanol–water partition coefficient (Wildman–Crippen LogP) is 2.72. The number of hydrogen-bond acceptors (Lipinski definition) is 6. The summed E-state index contributed by atoms with van der Waals surface area (Å²) in [5, 5.41) is 5.92. The number of aryl methyl sites for hydroxylation is 1. The molecule has 0 spiro atoms. The Balaban J connectivity index is 1.95. The Kier molecular flexibility index (Phi) is 6.96. The van der Waals surface area contributed by atoms with Crippen LogP contribution in [0, 0.1) is 12.8 Å². The van der Waals surface area contributed by atoms with Crippen LogP contribution in [0.15, 0.2) is 28.3 Å². The Morgan fingerprint density at radius 3 is 2.75 bits per heavy atom. The monoisotopic (exact) mass is 400 g/mol. The minimum Gasteiger partial charge on any atom is -0.440 e. The van der Waals surface area contributed by atoms with Gasteiger partial charge in [0.15, 0.2) is 6.61 Å². The van der Waals surface area contributed by atoms with Crippen molar-refractivity contribution in [3.05, 3.63) is 29.3 Å². The van der Waals surface area contributed by atoms with Gasteiger partial charge in [-0.2, -0.15) is 13.2 Å². The number of carbonyl (C=O) groups is 2. The van der Waals surface area contributed by atoms with Crippen LogP contribution < -0.4 is 5.32 Å². The molecule has 1 aromatic rings. The number of aliphatic imine (C=N–C) groups is 1. The Bertz CT molecular complexity index is 761. The maximum atomic E-state index is 12.1. The Hall–Kier alpha value is -3.11. The van der Waals surface area contributed by atoms with E-state index in [0.717, 1.165) is 16.0 Å². The van der Waals surface area contributed by atoms with Crippen LogP contribution >= 0.6 is 0 Å². The van der Waals surface area contributed by atoms with Crippen LogP contribution in [0.4, 0.5) is 23.7 Å². The number of nitrogens with zero attached hydrogens (tertiary/aromatic N) is 3. The third-order valence-corrected chi connectivity index (χ3v) is 3.94. The van der Waals surface area contributed by atoms with Gasteiger partial charge in [-0.1, -0.05) is 17.3 Å². The van der Waals surface area contributed by atoms with E-state index in [4.69, 9.17) is 4.84 Å². The number of nitrogens with one attached hydrogen (secondary N) is 1. The summed E-state index contributed by atoms with van der Waals surface area (Å²) in [7, 11) is 0. The van der Waals surface area contributed by atoms with E-state index >= 15 is 0 Å². The number of oxime groups is 1. The molecular formula is C17H19F3N4O4. The number of benzene rings is 1. The van der Waals surface area contributed by atoms with Crippen molar-refractivity contribution in [2.45, 2.75) is 19.6 Å². The zero-order chi connectivity index (χ0) is 20.7. The van der Waals surface area contributed by atoms with Crippen molar-refractivity contribution >= 4 is 30.8 Å². The lowest BCUT2D eigenvalue weighted by molar-refractivity contribution is -0.163. The van der Waals surface area contributed by atoms with Gasteiger partial charge in [-0.25, -0.2) is 9.79 Å². The molecule has 0 aliphatic carbocycles. The van der Waals surface area contributed by atoms with E-state index in [1.54, 1.807) is 6.07 Å². The van der Waals surface area contributed by atoms with Gasteiger partial charge in [-0.15, -0.1) is 0 Å². The first-order valence-electron chi connectivity index (χ1n) is 8.19. The third kappa shape index (κ3) is 5.96. The lowest BCUT2D eigenvalue weighted by Crippen LogP contribution is -2.53. The second-order valence-electron chi connectivity index (χ2n) is 6.06. The second kappa shape index (κ2) is 9.20. The maximum absolute atomic E-state index is 12.1. The average Bonchev–Trinajstić information content (AvgIpc) is 2.58. The normalized spacial score (nSPS) is 14.9. The molecule has 2 amide bonds. The van der Waals surface area contributed by atoms with Gasteiger partial charge in [-0.3, -0.25) is 4.79 Å². The molecule has 1 aliphatic rings. The van der Waals surface area contributed by atoms with Crippen LogP contribution in [-0.4, -0.2) is 55.9 Å². The molecule has 1 saturated heterocycles. The zero-order valence-electron chi connectivity index (χ0n) is 15.0. The van der Waals surface area contributed by atoms with Crippen LogP contribution in [0.25, 0.3) is 0 Å². The lowest BCUT2D eigenvalue weighted by Gasteiger charge is -2.37. The highest BCUT2D eigenvalue weighted by Gasteiger charge is 2.38. The molecule has 1 aromatic carbocycles. The van der Waals surface area contributed by atoms with E-state index in [1.807, 2.05) is 19.1 Å². The van der Waals surface area contributed by atoms with Gasteiger partial charge in [0, 0.05) is 25.5 Å². The van der Waals surface area contributed by atoms with Gasteiger partial charge in [0.25, 0.3) is 0 Å². The Labute approximate surface area is 159 Å². The fourth-order valence-corrected chi connectivity index (χ4v) is 2.47. The lowest BCUT2D eigenvalue weighted by atomic mass is 10.0. The van der Waals surface area contributed by atoms with E-state index in [1.165, 1.54) is 0 Å². The number of likely N-dealkylation sites (tertiary alicyclic amines) is 1. The van der Waals surface area contributed by atoms with Gasteiger partial charge in [0.1, 0.15) is 0 Å². The SMILES string of the molecule is C=NO/C(=N\Cc1ccc(C)c(NC=O)c1)C1CN(C(=O)OCC(F)(F)F)C1. The summed E-state index contributed by atoms with van der Waals surface area (Å²) in [6.45, 7) is 3.84. The quantitative estimate of drug-likeness (QED) is 0.330. The average molecular weight is 400 g/mol. The molecule has 0 saturated carbocycles. The second-order valence-corrected chi connectivity index (χ2v) is 6.06. The molecule has 2 rings (SSSR count). The Morgan fingerprint density at radius 1 is 1.43 bits per heavy atom. The molecule has 8 nitrogen and oxygen atoms in total. The molecule has 0 unspecified atom stereocenters. The predicted molar refractivity (Wildman–Crippen MR) is 95.1 cm³/mol. The molecule has 0 atom stereocenters. The van der Waals surface area contributed by atoms with Gasteiger partial charge in [0.2, 0.25) is 12.3 Å². The number of ether oxygens (including phenoxy) is 1. The summed E-state index contributed by atoms with van der Waals surface area (Å²) >= 11 is 0. The number of hydrogen-bond donors (Lipinski definition) is 1. The number of rotatable bonds is 7. The van der Waals surface area contributed by atoms with Crippen molar-refractivity contribution in [3.8, 4) is 0 Å². The first-order valence-corrected chi connectivity index (χ1v) is 8.19. The van der Waals surface area contributed by atoms with Crippen LogP contribution in [0.5, 0.6) is 0 Å². The third-order valence-electron chi connectivity index (χ3n) is 3.94. The number of carbonyl (C=O) groups excluding carboxylic acids is 2. The van der Waals surface area contributed by atoms with Crippen molar-refractivity contribution in [1.82, 2.24) is 4.90 Å². The van der Waals surface area contributed by atoms with Crippen molar-refractivity contribution in [1.29, 1.82) is 0 Å². The van der Waals surface area contributed by atoms with Crippen molar-refractivity contribution < 1.29 is 32.3 Å². The number of halogens is 3. The molecule has 0 bridgehead atoms. The van der Waals surface area contributed by atoms with E-state index in [-0.39, 0.29) is 31.4 Å². The van der Waals surface area contributed by atoms with Crippen LogP contribution in [0.2, 0.25) is 0 Å². The van der Waals surface area contributed by atoms with E-state index < -0.39 is 18.9 Å². The molecule has 0 radical (unpaired) electrons. The molecule has 152 valence electrons. The minimum atomic E-state index is -4.58. The number of anilines is 1. The summed E-state index contributed by atoms with van der Waals surface area (Å²) in [6, 6.07) is 5.41. The van der Waals surface area contributed by atoms with E-state index in [9.17, 15) is 22.8 Å². The summed E-state index contributed by atoms with van der Waals surface area (Å²) in [4.78, 5) is 32.6. The zero-order valence-corrected chi connectivity index (χ0v) is 15.0. The highest BCUT2D eigenvalue weighted by atomic mass is 19.4. The van der Waals surface area contributed by atoms with Gasteiger partial charge in [0.05, 0.1) is 12.5 Å². The molecule has 11 heteroatoms. The fourth-order valence-electron chi connectivity index (χ4n) is 2.47. The van der Waals surface area contributed by atoms with Crippen molar-refractivity contribution in [3.63, 3.8) is 0 Å². The van der Waals surface area contributed by atoms with Gasteiger partial charge < -0.3 is 19.8 Å². The highest BCUT2D eigenvalue weighted by molar-refractivity contribution is 5.82. The minimum absolute atomic E-state index is 0.0941. The number of amides is 2. The first-order chi connectivity index (χ1) is 13.2. The fraction of sp³-hybridized carbons (Fsp3) is 0.412. The molecule has 1 N–H and O–H groups in total. The molecular weight excluding hydrogens is 381 g/mol. The van der Waals surface area contributed by atoms with Gasteiger partial charge >= 0.3 is 12.3 Å². The standard InChI is InChI=1S/C17H19F3N4O4/c1-11-3-4-12(5-14(11)23-10-25)6-22-15(28-21-2)13-7-24(8-13)16(26)27-9-17(18,19)20/h3-5,10,13H,2,6-9H2,1H3,(H,23,25)/b22-15-. The molecule has 28 heavy (non-hydrogen) atoms. The summed E-state index contributed by atoms with van der Waals surface area (Å²) in [5.41, 5.74) is 2.33. The van der Waals surface area contributed by atoms with Crippen LogP contribution in [0.1, 0.15) is 11.1 Å². The van der Waals surface area contributed by atoms with Crippen LogP contribution in [-0.2, 0) is 20.9 Å². The van der Waals surface area contributed by atoms with Gasteiger partial charge in [-0.05, 0) is 24.1 Å². The smallest absolute Gasteiger partial charge is 0.422 e.